The molecule has 0 spiro atoms. The van der Waals surface area contributed by atoms with Crippen molar-refractivity contribution >= 4 is 5.97 Å². The molecule has 1 atom stereocenters. The van der Waals surface area contributed by atoms with E-state index in [1.54, 1.807) is 0 Å². The van der Waals surface area contributed by atoms with E-state index in [4.69, 9.17) is 4.74 Å². The van der Waals surface area contributed by atoms with Crippen molar-refractivity contribution < 1.29 is 9.53 Å². The first-order chi connectivity index (χ1) is 4.70. The fourth-order valence-electron chi connectivity index (χ4n) is 0.538. The van der Waals surface area contributed by atoms with Gasteiger partial charge in [-0.3, -0.25) is 4.79 Å². The molecule has 0 bridgehead atoms. The highest BCUT2D eigenvalue weighted by atomic mass is 16.5. The minimum absolute atomic E-state index is 0.0425. The van der Waals surface area contributed by atoms with Gasteiger partial charge in [-0.25, -0.2) is 0 Å². The molecule has 0 aliphatic heterocycles. The maximum atomic E-state index is 10.8. The van der Waals surface area contributed by atoms with Gasteiger partial charge in [0.05, 0.1) is 0 Å². The van der Waals surface area contributed by atoms with E-state index in [0.29, 0.717) is 6.42 Å². The molecule has 0 N–H and O–H groups in total. The number of carbonyl (C=O) groups is 1. The monoisotopic (exact) mass is 143 g/mol. The van der Waals surface area contributed by atoms with Gasteiger partial charge in [0.2, 0.25) is 0 Å². The van der Waals surface area contributed by atoms with Gasteiger partial charge in [-0.05, 0) is 19.8 Å². The van der Waals surface area contributed by atoms with Crippen molar-refractivity contribution in [2.24, 2.45) is 0 Å². The van der Waals surface area contributed by atoms with Crippen LogP contribution in [0.3, 0.4) is 0 Å². The molecule has 0 heterocycles. The molecular weight excluding hydrogens is 128 g/mol. The Bertz CT molecular complexity index is 99.4. The number of rotatable bonds is 4. The predicted octanol–water partition coefficient (Wildman–Crippen LogP) is 1.94. The van der Waals surface area contributed by atoms with Gasteiger partial charge in [0.15, 0.2) is 0 Å². The van der Waals surface area contributed by atoms with Crippen LogP contribution in [0, 0.1) is 6.42 Å². The molecule has 0 amide bonds. The third-order valence-corrected chi connectivity index (χ3v) is 1.24. The van der Waals surface area contributed by atoms with E-state index < -0.39 is 0 Å². The van der Waals surface area contributed by atoms with Gasteiger partial charge in [0.1, 0.15) is 6.10 Å². The van der Waals surface area contributed by atoms with Crippen LogP contribution in [0.2, 0.25) is 0 Å². The molecule has 0 rings (SSSR count). The molecule has 0 saturated heterocycles. The number of esters is 1. The lowest BCUT2D eigenvalue weighted by atomic mass is 10.3. The van der Waals surface area contributed by atoms with Crippen LogP contribution in [0.4, 0.5) is 0 Å². The molecule has 0 aliphatic carbocycles. The van der Waals surface area contributed by atoms with E-state index in [9.17, 15) is 4.79 Å². The molecule has 10 heavy (non-hydrogen) atoms. The summed E-state index contributed by atoms with van der Waals surface area (Å²) in [5, 5.41) is 0. The van der Waals surface area contributed by atoms with Crippen LogP contribution < -0.4 is 0 Å². The Morgan fingerprint density at radius 2 is 2.30 bits per heavy atom. The molecule has 0 unspecified atom stereocenters. The molecule has 0 aromatic rings. The number of carbonyl (C=O) groups excluding carboxylic acids is 1. The smallest absolute Gasteiger partial charge is 0.306 e. The average Bonchev–Trinajstić information content (AvgIpc) is 1.88. The highest BCUT2D eigenvalue weighted by Gasteiger charge is 2.04. The third kappa shape index (κ3) is 4.36. The van der Waals surface area contributed by atoms with E-state index in [0.717, 1.165) is 6.42 Å². The highest BCUT2D eigenvalue weighted by molar-refractivity contribution is 5.69. The van der Waals surface area contributed by atoms with Gasteiger partial charge in [0, 0.05) is 6.42 Å². The summed E-state index contributed by atoms with van der Waals surface area (Å²) in [5.74, 6) is -0.104. The second-order valence-electron chi connectivity index (χ2n) is 2.28. The molecule has 2 heteroatoms. The first-order valence-electron chi connectivity index (χ1n) is 3.69. The molecule has 59 valence electrons. The first kappa shape index (κ1) is 9.47. The zero-order valence-corrected chi connectivity index (χ0v) is 6.89. The lowest BCUT2D eigenvalue weighted by molar-refractivity contribution is -0.146. The zero-order valence-electron chi connectivity index (χ0n) is 6.89. The molecular formula is C8H15O2. The van der Waals surface area contributed by atoms with E-state index >= 15 is 0 Å². The summed E-state index contributed by atoms with van der Waals surface area (Å²) < 4.78 is 4.95. The molecule has 1 radical (unpaired) electrons. The zero-order chi connectivity index (χ0) is 7.98. The van der Waals surface area contributed by atoms with Crippen LogP contribution >= 0.6 is 0 Å². The van der Waals surface area contributed by atoms with Crippen molar-refractivity contribution in [3.8, 4) is 0 Å². The molecule has 0 aromatic heterocycles. The van der Waals surface area contributed by atoms with Crippen molar-refractivity contribution in [2.75, 3.05) is 0 Å². The Balaban J connectivity index is 3.37. The first-order valence-corrected chi connectivity index (χ1v) is 3.69. The molecule has 0 saturated carbocycles. The van der Waals surface area contributed by atoms with E-state index in [-0.39, 0.29) is 12.1 Å². The second-order valence-corrected chi connectivity index (χ2v) is 2.28. The maximum absolute atomic E-state index is 10.8. The number of hydrogen-bond donors (Lipinski definition) is 0. The molecule has 0 aliphatic rings. The van der Waals surface area contributed by atoms with Crippen molar-refractivity contribution in [3.05, 3.63) is 6.42 Å². The standard InChI is InChI=1S/C8H15O2/c1-4-6-8(9)10-7(3)5-2/h5,7H,4,6H2,1-3H3/t7-/m1/s1. The van der Waals surface area contributed by atoms with Crippen LogP contribution in [-0.4, -0.2) is 12.1 Å². The van der Waals surface area contributed by atoms with Crippen LogP contribution in [0.15, 0.2) is 0 Å². The minimum Gasteiger partial charge on any atom is -0.462 e. The van der Waals surface area contributed by atoms with Gasteiger partial charge in [-0.1, -0.05) is 13.8 Å². The van der Waals surface area contributed by atoms with Gasteiger partial charge in [-0.15, -0.1) is 0 Å². The van der Waals surface area contributed by atoms with Crippen molar-refractivity contribution in [2.45, 2.75) is 39.7 Å². The fraction of sp³-hybridized carbons (Fsp3) is 0.750. The Morgan fingerprint density at radius 3 is 2.70 bits per heavy atom. The summed E-state index contributed by atoms with van der Waals surface area (Å²) in [6.07, 6.45) is 3.19. The third-order valence-electron chi connectivity index (χ3n) is 1.24. The lowest BCUT2D eigenvalue weighted by Crippen LogP contribution is -2.13. The summed E-state index contributed by atoms with van der Waals surface area (Å²) in [6, 6.07) is 0. The van der Waals surface area contributed by atoms with Gasteiger partial charge >= 0.3 is 5.97 Å². The largest absolute Gasteiger partial charge is 0.462 e. The van der Waals surface area contributed by atoms with E-state index in [1.807, 2.05) is 27.2 Å². The van der Waals surface area contributed by atoms with Gasteiger partial charge < -0.3 is 4.74 Å². The summed E-state index contributed by atoms with van der Waals surface area (Å²) >= 11 is 0. The number of ether oxygens (including phenoxy) is 1. The average molecular weight is 143 g/mol. The topological polar surface area (TPSA) is 26.3 Å². The predicted molar refractivity (Wildman–Crippen MR) is 40.4 cm³/mol. The van der Waals surface area contributed by atoms with E-state index in [2.05, 4.69) is 0 Å². The molecule has 0 fully saturated rings. The molecule has 2 nitrogen and oxygen atoms in total. The number of hydrogen-bond acceptors (Lipinski definition) is 2. The summed E-state index contributed by atoms with van der Waals surface area (Å²) in [5.41, 5.74) is 0. The minimum atomic E-state index is -0.104. The summed E-state index contributed by atoms with van der Waals surface area (Å²) in [7, 11) is 0. The lowest BCUT2D eigenvalue weighted by Gasteiger charge is -2.08. The van der Waals surface area contributed by atoms with E-state index in [1.165, 1.54) is 0 Å². The SMILES string of the molecule is C[CH][C@@H](C)OC(=O)CCC. The van der Waals surface area contributed by atoms with Crippen molar-refractivity contribution in [1.82, 2.24) is 0 Å². The maximum Gasteiger partial charge on any atom is 0.306 e. The van der Waals surface area contributed by atoms with Crippen LogP contribution in [0.1, 0.15) is 33.6 Å². The Kier molecular flexibility index (Phi) is 4.99. The fourth-order valence-corrected chi connectivity index (χ4v) is 0.538. The quantitative estimate of drug-likeness (QED) is 0.562. The van der Waals surface area contributed by atoms with Gasteiger partial charge in [-0.2, -0.15) is 0 Å². The van der Waals surface area contributed by atoms with Crippen LogP contribution in [-0.2, 0) is 9.53 Å². The van der Waals surface area contributed by atoms with Crippen LogP contribution in [0.5, 0.6) is 0 Å². The van der Waals surface area contributed by atoms with Crippen molar-refractivity contribution in [1.29, 1.82) is 0 Å². The summed E-state index contributed by atoms with van der Waals surface area (Å²) in [4.78, 5) is 10.8. The second kappa shape index (κ2) is 5.27. The normalized spacial score (nSPS) is 12.7. The summed E-state index contributed by atoms with van der Waals surface area (Å²) in [6.45, 7) is 5.69. The Morgan fingerprint density at radius 1 is 1.70 bits per heavy atom. The van der Waals surface area contributed by atoms with Gasteiger partial charge in [0.25, 0.3) is 0 Å². The highest BCUT2D eigenvalue weighted by Crippen LogP contribution is 1.98. The van der Waals surface area contributed by atoms with Crippen molar-refractivity contribution in [3.63, 3.8) is 0 Å². The Labute approximate surface area is 62.6 Å². The molecule has 0 aromatic carbocycles. The Hall–Kier alpha value is -0.530. The van der Waals surface area contributed by atoms with Crippen LogP contribution in [0.25, 0.3) is 0 Å².